The van der Waals surface area contributed by atoms with Crippen LogP contribution in [0.3, 0.4) is 0 Å². The highest BCUT2D eigenvalue weighted by Crippen LogP contribution is 2.06. The first-order chi connectivity index (χ1) is 11.1. The van der Waals surface area contributed by atoms with Crippen LogP contribution >= 0.6 is 12.0 Å². The van der Waals surface area contributed by atoms with Crippen molar-refractivity contribution in [3.05, 3.63) is 0 Å². The second kappa shape index (κ2) is 11.2. The molecule has 0 unspecified atom stereocenters. The van der Waals surface area contributed by atoms with Gasteiger partial charge in [-0.3, -0.25) is 24.0 Å². The Morgan fingerprint density at radius 3 is 2.33 bits per heavy atom. The van der Waals surface area contributed by atoms with Crippen LogP contribution in [-0.4, -0.2) is 64.3 Å². The molecule has 0 rings (SSSR count). The van der Waals surface area contributed by atoms with Gasteiger partial charge in [0, 0.05) is 13.3 Å². The Morgan fingerprint density at radius 1 is 1.21 bits per heavy atom. The number of rotatable bonds is 11. The molecule has 0 aliphatic rings. The monoisotopic (exact) mass is 365 g/mol. The van der Waals surface area contributed by atoms with Crippen molar-refractivity contribution in [1.82, 2.24) is 10.6 Å². The fourth-order valence-electron chi connectivity index (χ4n) is 1.33. The van der Waals surface area contributed by atoms with Crippen LogP contribution < -0.4 is 16.4 Å². The lowest BCUT2D eigenvalue weighted by molar-refractivity contribution is -0.139. The molecule has 0 fully saturated rings. The summed E-state index contributed by atoms with van der Waals surface area (Å²) in [7, 11) is 0. The topological polar surface area (TPSA) is 185 Å². The standard InChI is InChI=1S/C12H19N3O8S/c1-6(16)23-24-5-8(11(20)14-4-10(18)19)15-9(17)3-2-7(13)12(21)22/h7-8H,2-5,13H2,1H3,(H,14,20)(H,15,17)(H,18,19)(H,21,22)/t7-,8-/m0/s1. The van der Waals surface area contributed by atoms with Crippen LogP contribution in [0.15, 0.2) is 0 Å². The molecule has 2 atom stereocenters. The van der Waals surface area contributed by atoms with E-state index in [-0.39, 0.29) is 18.6 Å². The second-order valence-corrected chi connectivity index (χ2v) is 5.31. The maximum atomic E-state index is 11.8. The molecule has 11 nitrogen and oxygen atoms in total. The van der Waals surface area contributed by atoms with Crippen LogP contribution in [0.5, 0.6) is 0 Å². The molecule has 24 heavy (non-hydrogen) atoms. The highest BCUT2D eigenvalue weighted by Gasteiger charge is 2.23. The number of amides is 2. The smallest absolute Gasteiger partial charge is 0.322 e. The third kappa shape index (κ3) is 10.4. The van der Waals surface area contributed by atoms with E-state index in [9.17, 15) is 24.0 Å². The number of nitrogens with two attached hydrogens (primary N) is 1. The zero-order chi connectivity index (χ0) is 18.7. The molecule has 0 aromatic carbocycles. The first kappa shape index (κ1) is 21.7. The van der Waals surface area contributed by atoms with E-state index in [0.29, 0.717) is 12.0 Å². The molecule has 0 bridgehead atoms. The van der Waals surface area contributed by atoms with Gasteiger partial charge in [0.15, 0.2) is 0 Å². The number of nitrogens with one attached hydrogen (secondary N) is 2. The predicted octanol–water partition coefficient (Wildman–Crippen LogP) is -1.92. The van der Waals surface area contributed by atoms with Crippen molar-refractivity contribution >= 4 is 41.8 Å². The lowest BCUT2D eigenvalue weighted by Crippen LogP contribution is -2.49. The Labute approximate surface area is 141 Å². The van der Waals surface area contributed by atoms with Crippen LogP contribution in [0.25, 0.3) is 0 Å². The van der Waals surface area contributed by atoms with Crippen LogP contribution in [0, 0.1) is 0 Å². The first-order valence-corrected chi connectivity index (χ1v) is 7.61. The summed E-state index contributed by atoms with van der Waals surface area (Å²) in [6.07, 6.45) is -0.379. The number of hydrogen-bond acceptors (Lipinski definition) is 8. The summed E-state index contributed by atoms with van der Waals surface area (Å²) in [6, 6.07) is -2.38. The van der Waals surface area contributed by atoms with E-state index in [4.69, 9.17) is 15.9 Å². The highest BCUT2D eigenvalue weighted by atomic mass is 32.2. The molecule has 0 saturated heterocycles. The van der Waals surface area contributed by atoms with E-state index in [1.54, 1.807) is 0 Å². The van der Waals surface area contributed by atoms with Crippen molar-refractivity contribution in [3.63, 3.8) is 0 Å². The summed E-state index contributed by atoms with van der Waals surface area (Å²) in [4.78, 5) is 55.3. The molecule has 0 saturated carbocycles. The lowest BCUT2D eigenvalue weighted by atomic mass is 10.1. The second-order valence-electron chi connectivity index (χ2n) is 4.57. The van der Waals surface area contributed by atoms with Gasteiger partial charge in [-0.05, 0) is 6.42 Å². The Morgan fingerprint density at radius 2 is 1.83 bits per heavy atom. The van der Waals surface area contributed by atoms with Crippen molar-refractivity contribution in [2.75, 3.05) is 12.3 Å². The Kier molecular flexibility index (Phi) is 10.1. The van der Waals surface area contributed by atoms with Gasteiger partial charge in [-0.15, -0.1) is 0 Å². The maximum absolute atomic E-state index is 11.8. The van der Waals surface area contributed by atoms with Gasteiger partial charge in [0.2, 0.25) is 11.8 Å². The van der Waals surface area contributed by atoms with E-state index in [2.05, 4.69) is 14.8 Å². The average molecular weight is 365 g/mol. The molecule has 6 N–H and O–H groups in total. The normalized spacial score (nSPS) is 12.6. The third-order valence-corrected chi connectivity index (χ3v) is 3.30. The summed E-state index contributed by atoms with van der Waals surface area (Å²) >= 11 is 0.612. The van der Waals surface area contributed by atoms with Crippen LogP contribution in [0.2, 0.25) is 0 Å². The molecule has 0 spiro atoms. The molecular weight excluding hydrogens is 346 g/mol. The van der Waals surface area contributed by atoms with E-state index in [1.807, 2.05) is 0 Å². The summed E-state index contributed by atoms with van der Waals surface area (Å²) in [5.74, 6) is -4.72. The number of carboxylic acids is 2. The minimum absolute atomic E-state index is 0.137. The molecular formula is C12H19N3O8S. The van der Waals surface area contributed by atoms with E-state index in [1.165, 1.54) is 0 Å². The largest absolute Gasteiger partial charge is 0.480 e. The molecule has 2 amide bonds. The van der Waals surface area contributed by atoms with E-state index < -0.39 is 48.4 Å². The van der Waals surface area contributed by atoms with Gasteiger partial charge in [-0.25, -0.2) is 0 Å². The Hall–Kier alpha value is -2.34. The first-order valence-electron chi connectivity index (χ1n) is 6.70. The molecule has 136 valence electrons. The number of aliphatic carboxylic acids is 2. The van der Waals surface area contributed by atoms with Crippen LogP contribution in [0.1, 0.15) is 19.8 Å². The van der Waals surface area contributed by atoms with Crippen LogP contribution in [0.4, 0.5) is 0 Å². The van der Waals surface area contributed by atoms with Crippen molar-refractivity contribution in [3.8, 4) is 0 Å². The summed E-state index contributed by atoms with van der Waals surface area (Å²) < 4.78 is 4.59. The summed E-state index contributed by atoms with van der Waals surface area (Å²) in [5.41, 5.74) is 5.26. The lowest BCUT2D eigenvalue weighted by Gasteiger charge is -2.17. The Balaban J connectivity index is 4.57. The maximum Gasteiger partial charge on any atom is 0.322 e. The third-order valence-electron chi connectivity index (χ3n) is 2.48. The van der Waals surface area contributed by atoms with Crippen molar-refractivity contribution in [1.29, 1.82) is 0 Å². The van der Waals surface area contributed by atoms with Gasteiger partial charge >= 0.3 is 17.9 Å². The minimum atomic E-state index is -1.27. The highest BCUT2D eigenvalue weighted by molar-refractivity contribution is 7.95. The molecule has 12 heteroatoms. The van der Waals surface area contributed by atoms with Gasteiger partial charge in [0.1, 0.15) is 18.6 Å². The number of carboxylic acid groups (broad SMARTS) is 2. The number of carbonyl (C=O) groups excluding carboxylic acids is 3. The zero-order valence-electron chi connectivity index (χ0n) is 12.8. The molecule has 0 radical (unpaired) electrons. The van der Waals surface area contributed by atoms with Crippen molar-refractivity contribution < 1.29 is 38.4 Å². The van der Waals surface area contributed by atoms with Gasteiger partial charge in [0.25, 0.3) is 0 Å². The molecule has 0 heterocycles. The fourth-order valence-corrected chi connectivity index (χ4v) is 1.94. The van der Waals surface area contributed by atoms with Crippen molar-refractivity contribution in [2.24, 2.45) is 5.73 Å². The van der Waals surface area contributed by atoms with E-state index in [0.717, 1.165) is 6.92 Å². The molecule has 0 aromatic heterocycles. The number of hydrogen-bond donors (Lipinski definition) is 5. The Bertz CT molecular complexity index is 499. The van der Waals surface area contributed by atoms with Gasteiger partial charge < -0.3 is 30.8 Å². The van der Waals surface area contributed by atoms with Crippen molar-refractivity contribution in [2.45, 2.75) is 31.8 Å². The zero-order valence-corrected chi connectivity index (χ0v) is 13.6. The SMILES string of the molecule is CC(=O)OSC[C@H](NC(=O)CC[C@H](N)C(=O)O)C(=O)NCC(=O)O. The van der Waals surface area contributed by atoms with Gasteiger partial charge in [-0.2, -0.15) is 0 Å². The molecule has 0 aliphatic carbocycles. The molecule has 0 aromatic rings. The average Bonchev–Trinajstić information content (AvgIpc) is 2.48. The molecule has 0 aliphatic heterocycles. The summed E-state index contributed by atoms with van der Waals surface area (Å²) in [6.45, 7) is 0.506. The van der Waals surface area contributed by atoms with Gasteiger partial charge in [0.05, 0.1) is 17.8 Å². The van der Waals surface area contributed by atoms with E-state index >= 15 is 0 Å². The van der Waals surface area contributed by atoms with Crippen LogP contribution in [-0.2, 0) is 28.2 Å². The minimum Gasteiger partial charge on any atom is -0.480 e. The number of carbonyl (C=O) groups is 5. The summed E-state index contributed by atoms with van der Waals surface area (Å²) in [5, 5.41) is 21.5. The quantitative estimate of drug-likeness (QED) is 0.258. The fraction of sp³-hybridized carbons (Fsp3) is 0.583. The predicted molar refractivity (Wildman–Crippen MR) is 81.6 cm³/mol. The van der Waals surface area contributed by atoms with Gasteiger partial charge in [-0.1, -0.05) is 0 Å².